The van der Waals surface area contributed by atoms with Crippen LogP contribution in [-0.2, 0) is 33.5 Å². The number of esters is 1. The van der Waals surface area contributed by atoms with E-state index in [4.69, 9.17) is 5.73 Å². The van der Waals surface area contributed by atoms with E-state index in [0.717, 1.165) is 80.5 Å². The maximum Gasteiger partial charge on any atom is 0.336 e. The van der Waals surface area contributed by atoms with Gasteiger partial charge >= 0.3 is 11.9 Å². The Bertz CT molecular complexity index is 1920. The number of nitro benzene ring substituents is 1. The zero-order valence-corrected chi connectivity index (χ0v) is 36.6. The number of ether oxygens (including phenoxy) is 1. The van der Waals surface area contributed by atoms with Crippen molar-refractivity contribution >= 4 is 52.8 Å². The van der Waals surface area contributed by atoms with Crippen molar-refractivity contribution in [3.63, 3.8) is 0 Å². The Morgan fingerprint density at radius 2 is 1.57 bits per heavy atom. The molecule has 1 saturated heterocycles. The summed E-state index contributed by atoms with van der Waals surface area (Å²) in [6.45, 7) is 4.44. The number of aromatic carboxylic acids is 1. The maximum absolute atomic E-state index is 15.4. The van der Waals surface area contributed by atoms with Crippen molar-refractivity contribution in [3.8, 4) is 0 Å². The number of hydrogen-bond acceptors (Lipinski definition) is 11. The number of carboxylic acids is 1. The summed E-state index contributed by atoms with van der Waals surface area (Å²) in [5.41, 5.74) is 3.18. The van der Waals surface area contributed by atoms with E-state index in [9.17, 15) is 53.6 Å². The van der Waals surface area contributed by atoms with Gasteiger partial charge in [-0.25, -0.2) is 14.0 Å². The minimum absolute atomic E-state index is 0.0405. The van der Waals surface area contributed by atoms with E-state index in [1.165, 1.54) is 13.2 Å². The molecule has 1 heterocycles. The molecule has 0 bridgehead atoms. The number of primary amides is 1. The molecule has 1 aromatic rings. The Balaban J connectivity index is 1.59. The molecule has 5 N–H and O–H groups in total. The monoisotopic (exact) mass is 883 g/mol. The van der Waals surface area contributed by atoms with E-state index in [1.54, 1.807) is 20.8 Å². The van der Waals surface area contributed by atoms with Gasteiger partial charge in [-0.1, -0.05) is 65.4 Å². The molecule has 6 atom stereocenters. The molecule has 63 heavy (non-hydrogen) atoms. The molecule has 1 aromatic carbocycles. The van der Waals surface area contributed by atoms with Gasteiger partial charge in [0.25, 0.3) is 5.69 Å². The van der Waals surface area contributed by atoms with Gasteiger partial charge in [-0.2, -0.15) is 0 Å². The summed E-state index contributed by atoms with van der Waals surface area (Å²) >= 11 is 0. The number of non-ortho nitro benzene ring substituents is 1. The van der Waals surface area contributed by atoms with Gasteiger partial charge in [0.2, 0.25) is 23.6 Å². The summed E-state index contributed by atoms with van der Waals surface area (Å²) in [6.07, 6.45) is 8.17. The van der Waals surface area contributed by atoms with Crippen LogP contribution in [0.15, 0.2) is 30.4 Å². The molecule has 0 aromatic heterocycles. The highest BCUT2D eigenvalue weighted by molar-refractivity contribution is 6.07. The van der Waals surface area contributed by atoms with E-state index in [-0.39, 0.29) is 48.9 Å². The zero-order valence-electron chi connectivity index (χ0n) is 36.6. The highest BCUT2D eigenvalue weighted by atomic mass is 19.1. The summed E-state index contributed by atoms with van der Waals surface area (Å²) in [5.74, 6) is -8.56. The number of Topliss-reactive ketones (excluding diaryl/α,β-unsaturated/α-hetero) is 2. The number of nitrogens with two attached hydrogens (primary N) is 1. The predicted molar refractivity (Wildman–Crippen MR) is 227 cm³/mol. The maximum atomic E-state index is 15.4. The first kappa shape index (κ1) is 50.1. The van der Waals surface area contributed by atoms with Crippen molar-refractivity contribution in [1.29, 1.82) is 0 Å². The number of amides is 4. The Labute approximate surface area is 366 Å². The topological polar surface area (TPSA) is 262 Å². The number of likely N-dealkylation sites (tertiary alicyclic amines) is 1. The van der Waals surface area contributed by atoms with Gasteiger partial charge in [-0.05, 0) is 61.8 Å². The van der Waals surface area contributed by atoms with Gasteiger partial charge in [-0.15, -0.1) is 0 Å². The van der Waals surface area contributed by atoms with Crippen LogP contribution in [0.2, 0.25) is 0 Å². The molecule has 346 valence electrons. The van der Waals surface area contributed by atoms with Crippen LogP contribution >= 0.6 is 0 Å². The number of rotatable bonds is 20. The van der Waals surface area contributed by atoms with Crippen LogP contribution in [0.1, 0.15) is 138 Å². The summed E-state index contributed by atoms with van der Waals surface area (Å²) in [7, 11) is 1.17. The molecule has 3 aliphatic rings. The number of ketones is 2. The number of benzene rings is 1. The first-order valence-corrected chi connectivity index (χ1v) is 21.9. The van der Waals surface area contributed by atoms with Crippen molar-refractivity contribution in [2.45, 2.75) is 141 Å². The lowest BCUT2D eigenvalue weighted by atomic mass is 9.75. The fraction of sp³-hybridized carbons (Fsp3) is 0.644. The van der Waals surface area contributed by atoms with Crippen molar-refractivity contribution in [3.05, 3.63) is 51.6 Å². The number of alkyl halides is 1. The fourth-order valence-electron chi connectivity index (χ4n) is 9.18. The number of nitrogens with zero attached hydrogens (tertiary/aromatic N) is 2. The molecule has 2 aliphatic carbocycles. The zero-order chi connectivity index (χ0) is 46.6. The van der Waals surface area contributed by atoms with Gasteiger partial charge < -0.3 is 31.1 Å². The second-order valence-corrected chi connectivity index (χ2v) is 18.2. The third-order valence-electron chi connectivity index (χ3n) is 12.7. The molecule has 18 heteroatoms. The Hall–Kier alpha value is -5.55. The number of nitro groups is 1. The quantitative estimate of drug-likeness (QED) is 0.0435. The van der Waals surface area contributed by atoms with Crippen molar-refractivity contribution < 1.29 is 57.5 Å². The molecular formula is C45H62FN5O12. The number of carbonyl (C=O) groups is 8. The average Bonchev–Trinajstić information content (AvgIpc) is 3.65. The number of carboxylic acid groups (broad SMARTS) is 1. The van der Waals surface area contributed by atoms with E-state index < -0.39 is 112 Å². The van der Waals surface area contributed by atoms with Crippen LogP contribution in [-0.4, -0.2) is 100 Å². The van der Waals surface area contributed by atoms with Gasteiger partial charge in [0.1, 0.15) is 18.3 Å². The summed E-state index contributed by atoms with van der Waals surface area (Å²) < 4.78 is 20.0. The molecule has 1 aliphatic heterocycles. The molecule has 2 saturated carbocycles. The second kappa shape index (κ2) is 22.7. The normalized spacial score (nSPS) is 20.6. The lowest BCUT2D eigenvalue weighted by Crippen LogP contribution is -2.59. The Morgan fingerprint density at radius 1 is 0.952 bits per heavy atom. The van der Waals surface area contributed by atoms with Crippen LogP contribution in [0.3, 0.4) is 0 Å². The summed E-state index contributed by atoms with van der Waals surface area (Å²) in [4.78, 5) is 119. The SMILES string of the molecule is COC(=O)/C=C/CC[C@H](CC(=O)c1ccc([N+](=O)[O-])cc1C(=O)O)C(=O)N[C@H](C(=O)N1C[C@H](F)C[C@H]1C(=O)N[C@H](C(=O)C[C@H](C(N)=O)C1CCCCC1)C1CCCCC1)C(C)(C)C. The van der Waals surface area contributed by atoms with Crippen LogP contribution in [0.25, 0.3) is 0 Å². The number of methoxy groups -OCH3 is 1. The number of hydrogen-bond donors (Lipinski definition) is 4. The average molecular weight is 884 g/mol. The molecule has 0 unspecified atom stereocenters. The Kier molecular flexibility index (Phi) is 18.0. The summed E-state index contributed by atoms with van der Waals surface area (Å²) in [5, 5.41) is 26.7. The third-order valence-corrected chi connectivity index (χ3v) is 12.7. The van der Waals surface area contributed by atoms with Crippen molar-refractivity contribution in [1.82, 2.24) is 15.5 Å². The number of carbonyl (C=O) groups excluding carboxylic acids is 7. The number of nitrogens with one attached hydrogen (secondary N) is 2. The summed E-state index contributed by atoms with van der Waals surface area (Å²) in [6, 6.07) is -1.03. The lowest BCUT2D eigenvalue weighted by Gasteiger charge is -2.37. The Morgan fingerprint density at radius 3 is 2.13 bits per heavy atom. The fourth-order valence-corrected chi connectivity index (χ4v) is 9.18. The molecule has 4 rings (SSSR count). The van der Waals surface area contributed by atoms with E-state index in [0.29, 0.717) is 12.8 Å². The van der Waals surface area contributed by atoms with E-state index in [1.807, 2.05) is 0 Å². The van der Waals surface area contributed by atoms with Gasteiger partial charge in [-0.3, -0.25) is 38.9 Å². The van der Waals surface area contributed by atoms with Gasteiger partial charge in [0, 0.05) is 54.9 Å². The van der Waals surface area contributed by atoms with E-state index in [2.05, 4.69) is 15.4 Å². The lowest BCUT2D eigenvalue weighted by molar-refractivity contribution is -0.384. The van der Waals surface area contributed by atoms with Crippen LogP contribution in [0, 0.1) is 39.2 Å². The van der Waals surface area contributed by atoms with Crippen LogP contribution in [0.4, 0.5) is 10.1 Å². The standard InChI is InChI=1S/C45H62FN5O12/c1-45(2,3)39(49-41(56)28(17-11-12-18-37(54)63-4)21-35(52)31-20-19-30(51(61)62)23-33(31)44(59)60)43(58)50-25-29(46)22-34(50)42(57)48-38(27-15-9-6-10-16-27)36(53)24-32(40(47)55)26-13-7-5-8-14-26/h12,18-20,23,26-29,32,34,38-39H,5-11,13-17,21-22,24-25H2,1-4H3,(H2,47,55)(H,48,57)(H,49,56)(H,59,60)/b18-12+/t28-,29-,32+,34+,38+,39-/m1/s1. The number of allylic oxidation sites excluding steroid dienone is 1. The molecular weight excluding hydrogens is 822 g/mol. The minimum Gasteiger partial charge on any atom is -0.478 e. The number of halogens is 1. The predicted octanol–water partition coefficient (Wildman–Crippen LogP) is 5.17. The first-order chi connectivity index (χ1) is 29.7. The third kappa shape index (κ3) is 13.7. The molecule has 0 spiro atoms. The van der Waals surface area contributed by atoms with Gasteiger partial charge in [0.05, 0.1) is 30.2 Å². The van der Waals surface area contributed by atoms with Crippen molar-refractivity contribution in [2.75, 3.05) is 13.7 Å². The minimum atomic E-state index is -1.62. The molecule has 4 amide bonds. The van der Waals surface area contributed by atoms with Crippen LogP contribution in [0.5, 0.6) is 0 Å². The second-order valence-electron chi connectivity index (χ2n) is 18.2. The molecule has 0 radical (unpaired) electrons. The largest absolute Gasteiger partial charge is 0.478 e. The molecule has 17 nitrogen and oxygen atoms in total. The van der Waals surface area contributed by atoms with Crippen LogP contribution < -0.4 is 16.4 Å². The van der Waals surface area contributed by atoms with E-state index >= 15 is 4.39 Å². The highest BCUT2D eigenvalue weighted by Gasteiger charge is 2.47. The smallest absolute Gasteiger partial charge is 0.336 e. The van der Waals surface area contributed by atoms with Crippen molar-refractivity contribution in [2.24, 2.45) is 34.8 Å². The highest BCUT2D eigenvalue weighted by Crippen LogP contribution is 2.35. The first-order valence-electron chi connectivity index (χ1n) is 21.9. The molecule has 3 fully saturated rings. The van der Waals surface area contributed by atoms with Gasteiger partial charge in [0.15, 0.2) is 11.6 Å².